The number of amides is 3. The summed E-state index contributed by atoms with van der Waals surface area (Å²) in [6, 6.07) is 6.77. The number of benzene rings is 1. The van der Waals surface area contributed by atoms with Crippen molar-refractivity contribution >= 4 is 23.9 Å². The molecule has 3 amide bonds. The lowest BCUT2D eigenvalue weighted by Crippen LogP contribution is -2.63. The molecular formula is C31H49N3O6. The zero-order valence-electron chi connectivity index (χ0n) is 26.2. The van der Waals surface area contributed by atoms with Gasteiger partial charge >= 0.3 is 12.1 Å². The first kappa shape index (κ1) is 34.7. The maximum atomic E-state index is 14.0. The highest BCUT2D eigenvalue weighted by Crippen LogP contribution is 2.29. The van der Waals surface area contributed by atoms with Crippen molar-refractivity contribution in [3.05, 3.63) is 47.5 Å². The zero-order chi connectivity index (χ0) is 31.2. The van der Waals surface area contributed by atoms with E-state index in [0.29, 0.717) is 0 Å². The number of carboxylic acids is 1. The SMILES string of the molecule is CC(=C[C@H](C(C)C)N(C)C(=O)[C@@H](NC(=O)[C@@H](NC(=O)OC(C)(C)C)C(C)(C)c1ccccc1)C(C)(C)C)C(=O)O. The van der Waals surface area contributed by atoms with Crippen LogP contribution in [0, 0.1) is 11.3 Å². The van der Waals surface area contributed by atoms with Crippen molar-refractivity contribution < 1.29 is 29.0 Å². The predicted molar refractivity (Wildman–Crippen MR) is 157 cm³/mol. The molecule has 0 aliphatic rings. The molecule has 0 unspecified atom stereocenters. The highest BCUT2D eigenvalue weighted by atomic mass is 16.6. The van der Waals surface area contributed by atoms with Gasteiger partial charge in [-0.25, -0.2) is 9.59 Å². The molecule has 1 rings (SSSR count). The van der Waals surface area contributed by atoms with Crippen LogP contribution in [-0.4, -0.2) is 64.7 Å². The minimum Gasteiger partial charge on any atom is -0.478 e. The fraction of sp³-hybridized carbons (Fsp3) is 0.613. The number of hydrogen-bond acceptors (Lipinski definition) is 5. The number of carbonyl (C=O) groups is 4. The third-order valence-electron chi connectivity index (χ3n) is 6.80. The highest BCUT2D eigenvalue weighted by molar-refractivity contribution is 5.93. The Balaban J connectivity index is 3.49. The van der Waals surface area contributed by atoms with E-state index in [9.17, 15) is 24.3 Å². The van der Waals surface area contributed by atoms with Crippen LogP contribution in [0.25, 0.3) is 0 Å². The Morgan fingerprint density at radius 2 is 1.43 bits per heavy atom. The van der Waals surface area contributed by atoms with Crippen LogP contribution >= 0.6 is 0 Å². The Morgan fingerprint density at radius 3 is 1.85 bits per heavy atom. The number of nitrogens with one attached hydrogen (secondary N) is 2. The molecule has 0 radical (unpaired) electrons. The first-order valence-electron chi connectivity index (χ1n) is 13.6. The van der Waals surface area contributed by atoms with Gasteiger partial charge in [-0.1, -0.05) is 84.9 Å². The highest BCUT2D eigenvalue weighted by Gasteiger charge is 2.43. The van der Waals surface area contributed by atoms with Crippen molar-refractivity contribution in [1.29, 1.82) is 0 Å². The normalized spacial score (nSPS) is 15.1. The van der Waals surface area contributed by atoms with Crippen molar-refractivity contribution in [2.75, 3.05) is 7.05 Å². The van der Waals surface area contributed by atoms with Gasteiger partial charge in [-0.05, 0) is 44.6 Å². The molecule has 0 aliphatic carbocycles. The van der Waals surface area contributed by atoms with Crippen LogP contribution in [-0.2, 0) is 24.5 Å². The summed E-state index contributed by atoms with van der Waals surface area (Å²) in [5.74, 6) is -2.06. The number of aliphatic carboxylic acids is 1. The molecular weight excluding hydrogens is 510 g/mol. The summed E-state index contributed by atoms with van der Waals surface area (Å²) < 4.78 is 5.46. The maximum absolute atomic E-state index is 14.0. The van der Waals surface area contributed by atoms with Crippen molar-refractivity contribution in [3.8, 4) is 0 Å². The molecule has 0 aromatic heterocycles. The lowest BCUT2D eigenvalue weighted by Gasteiger charge is -2.40. The third-order valence-corrected chi connectivity index (χ3v) is 6.80. The van der Waals surface area contributed by atoms with Crippen molar-refractivity contribution in [2.24, 2.45) is 11.3 Å². The fourth-order valence-corrected chi connectivity index (χ4v) is 4.34. The van der Waals surface area contributed by atoms with Crippen LogP contribution in [0.1, 0.15) is 81.7 Å². The Kier molecular flexibility index (Phi) is 11.6. The molecule has 0 bridgehead atoms. The van der Waals surface area contributed by atoms with Gasteiger partial charge < -0.3 is 25.4 Å². The third kappa shape index (κ3) is 9.68. The Morgan fingerprint density at radius 1 is 0.900 bits per heavy atom. The van der Waals surface area contributed by atoms with Gasteiger partial charge in [0, 0.05) is 18.0 Å². The summed E-state index contributed by atoms with van der Waals surface area (Å²) in [7, 11) is 1.61. The molecule has 40 heavy (non-hydrogen) atoms. The van der Waals surface area contributed by atoms with E-state index >= 15 is 0 Å². The van der Waals surface area contributed by atoms with Gasteiger partial charge in [0.25, 0.3) is 0 Å². The predicted octanol–water partition coefficient (Wildman–Crippen LogP) is 4.90. The Bertz CT molecular complexity index is 1080. The number of rotatable bonds is 10. The number of alkyl carbamates (subject to hydrolysis) is 1. The molecule has 1 aromatic rings. The van der Waals surface area contributed by atoms with Gasteiger partial charge in [-0.2, -0.15) is 0 Å². The molecule has 1 aromatic carbocycles. The molecule has 0 saturated heterocycles. The van der Waals surface area contributed by atoms with Crippen LogP contribution in [0.3, 0.4) is 0 Å². The summed E-state index contributed by atoms with van der Waals surface area (Å²) in [6.45, 7) is 19.7. The molecule has 0 fully saturated rings. The van der Waals surface area contributed by atoms with Gasteiger partial charge in [0.05, 0.1) is 6.04 Å². The van der Waals surface area contributed by atoms with E-state index in [1.807, 2.05) is 78.8 Å². The largest absolute Gasteiger partial charge is 0.478 e. The molecule has 9 nitrogen and oxygen atoms in total. The summed E-state index contributed by atoms with van der Waals surface area (Å²) in [5, 5.41) is 15.0. The first-order valence-corrected chi connectivity index (χ1v) is 13.6. The van der Waals surface area contributed by atoms with E-state index in [1.165, 1.54) is 11.8 Å². The van der Waals surface area contributed by atoms with E-state index in [4.69, 9.17) is 4.74 Å². The number of ether oxygens (including phenoxy) is 1. The van der Waals surface area contributed by atoms with E-state index in [-0.39, 0.29) is 17.4 Å². The quantitative estimate of drug-likeness (QED) is 0.350. The number of hydrogen-bond donors (Lipinski definition) is 3. The monoisotopic (exact) mass is 559 g/mol. The van der Waals surface area contributed by atoms with Gasteiger partial charge in [-0.15, -0.1) is 0 Å². The van der Waals surface area contributed by atoms with Crippen LogP contribution in [0.4, 0.5) is 4.79 Å². The number of carbonyl (C=O) groups excluding carboxylic acids is 3. The Hall–Kier alpha value is -3.36. The summed E-state index contributed by atoms with van der Waals surface area (Å²) in [4.78, 5) is 53.7. The van der Waals surface area contributed by atoms with E-state index in [1.54, 1.807) is 33.9 Å². The summed E-state index contributed by atoms with van der Waals surface area (Å²) in [6.07, 6.45) is 0.805. The van der Waals surface area contributed by atoms with Gasteiger partial charge in [0.15, 0.2) is 0 Å². The molecule has 3 N–H and O–H groups in total. The minimum absolute atomic E-state index is 0.0850. The molecule has 0 saturated carbocycles. The lowest BCUT2D eigenvalue weighted by atomic mass is 9.76. The van der Waals surface area contributed by atoms with Gasteiger partial charge in [-0.3, -0.25) is 9.59 Å². The van der Waals surface area contributed by atoms with Crippen molar-refractivity contribution in [1.82, 2.24) is 15.5 Å². The number of nitrogens with zero attached hydrogens (tertiary/aromatic N) is 1. The van der Waals surface area contributed by atoms with E-state index < -0.39 is 52.5 Å². The number of carboxylic acid groups (broad SMARTS) is 1. The average molecular weight is 560 g/mol. The van der Waals surface area contributed by atoms with Crippen LogP contribution < -0.4 is 10.6 Å². The average Bonchev–Trinajstić information content (AvgIpc) is 2.81. The molecule has 0 spiro atoms. The Labute approximate surface area is 239 Å². The molecule has 0 aliphatic heterocycles. The number of likely N-dealkylation sites (N-methyl/N-ethyl adjacent to an activating group) is 1. The lowest BCUT2D eigenvalue weighted by molar-refractivity contribution is -0.141. The zero-order valence-corrected chi connectivity index (χ0v) is 26.2. The second-order valence-corrected chi connectivity index (χ2v) is 13.3. The second kappa shape index (κ2) is 13.3. The van der Waals surface area contributed by atoms with Crippen molar-refractivity contribution in [2.45, 2.75) is 105 Å². The minimum atomic E-state index is -1.08. The standard InChI is InChI=1S/C31H49N3O6/c1-19(2)22(18-20(3)27(37)38)34(12)26(36)24(29(4,5)6)32-25(35)23(33-28(39)40-30(7,8)9)31(10,11)21-16-14-13-15-17-21/h13-19,22-24H,1-12H3,(H,32,35)(H,33,39)(H,37,38)/t22-,23-,24-/m1/s1. The van der Waals surface area contributed by atoms with Gasteiger partial charge in [0.1, 0.15) is 17.7 Å². The van der Waals surface area contributed by atoms with Gasteiger partial charge in [0.2, 0.25) is 11.8 Å². The summed E-state index contributed by atoms with van der Waals surface area (Å²) in [5.41, 5.74) is -1.41. The molecule has 224 valence electrons. The van der Waals surface area contributed by atoms with E-state index in [2.05, 4.69) is 10.6 Å². The van der Waals surface area contributed by atoms with Crippen LogP contribution in [0.15, 0.2) is 42.0 Å². The molecule has 0 heterocycles. The molecule has 9 heteroatoms. The topological polar surface area (TPSA) is 125 Å². The van der Waals surface area contributed by atoms with Crippen LogP contribution in [0.2, 0.25) is 0 Å². The molecule has 3 atom stereocenters. The smallest absolute Gasteiger partial charge is 0.408 e. The van der Waals surface area contributed by atoms with Crippen LogP contribution in [0.5, 0.6) is 0 Å². The van der Waals surface area contributed by atoms with Crippen molar-refractivity contribution in [3.63, 3.8) is 0 Å². The first-order chi connectivity index (χ1) is 18.1. The fourth-order valence-electron chi connectivity index (χ4n) is 4.34. The summed E-state index contributed by atoms with van der Waals surface area (Å²) >= 11 is 0. The second-order valence-electron chi connectivity index (χ2n) is 13.3. The van der Waals surface area contributed by atoms with E-state index in [0.717, 1.165) is 5.56 Å². The maximum Gasteiger partial charge on any atom is 0.408 e.